The topological polar surface area (TPSA) is 50.2 Å². The molecule has 4 rings (SSSR count). The van der Waals surface area contributed by atoms with Gasteiger partial charge in [-0.2, -0.15) is 30.0 Å². The molecular weight excluding hydrogens is 385 g/mol. The predicted octanol–water partition coefficient (Wildman–Crippen LogP) is 3.79. The van der Waals surface area contributed by atoms with Crippen LogP contribution >= 0.6 is 23.1 Å². The number of nitrogens with zero attached hydrogens (tertiary/aromatic N) is 3. The first-order valence-corrected chi connectivity index (χ1v) is 10.3. The Kier molecular flexibility index (Phi) is 4.64. The third-order valence-electron chi connectivity index (χ3n) is 4.65. The Hall–Kier alpha value is -1.68. The SMILES string of the molecule is O=C(c1cnn2c1N[C@H](c1cccs1)C[C@@H]2C(F)(F)F)N1CCSCC1. The second kappa shape index (κ2) is 6.80. The van der Waals surface area contributed by atoms with E-state index in [9.17, 15) is 18.0 Å². The highest BCUT2D eigenvalue weighted by Gasteiger charge is 2.47. The van der Waals surface area contributed by atoms with Crippen LogP contribution < -0.4 is 5.32 Å². The first kappa shape index (κ1) is 17.7. The second-order valence-electron chi connectivity index (χ2n) is 6.26. The molecule has 1 saturated heterocycles. The van der Waals surface area contributed by atoms with E-state index >= 15 is 0 Å². The number of thiophene rings is 1. The molecule has 26 heavy (non-hydrogen) atoms. The maximum Gasteiger partial charge on any atom is 0.410 e. The predicted molar refractivity (Wildman–Crippen MR) is 95.8 cm³/mol. The highest BCUT2D eigenvalue weighted by molar-refractivity contribution is 7.99. The quantitative estimate of drug-likeness (QED) is 0.830. The molecule has 2 aromatic heterocycles. The van der Waals surface area contributed by atoms with E-state index in [0.717, 1.165) is 21.1 Å². The Morgan fingerprint density at radius 2 is 2.08 bits per heavy atom. The number of carbonyl (C=O) groups excluding carboxylic acids is 1. The fourth-order valence-corrected chi connectivity index (χ4v) is 5.03. The smallest absolute Gasteiger partial charge is 0.362 e. The number of hydrogen-bond donors (Lipinski definition) is 1. The monoisotopic (exact) mass is 402 g/mol. The summed E-state index contributed by atoms with van der Waals surface area (Å²) in [6.07, 6.45) is -3.31. The number of rotatable bonds is 2. The summed E-state index contributed by atoms with van der Waals surface area (Å²) in [6, 6.07) is 1.39. The minimum atomic E-state index is -4.43. The van der Waals surface area contributed by atoms with Crippen molar-refractivity contribution < 1.29 is 18.0 Å². The summed E-state index contributed by atoms with van der Waals surface area (Å²) in [4.78, 5) is 15.3. The average molecular weight is 402 g/mol. The minimum Gasteiger partial charge on any atom is -0.362 e. The van der Waals surface area contributed by atoms with Gasteiger partial charge in [0.15, 0.2) is 6.04 Å². The fourth-order valence-electron chi connectivity index (χ4n) is 3.33. The molecule has 0 radical (unpaired) electrons. The second-order valence-corrected chi connectivity index (χ2v) is 8.47. The number of carbonyl (C=O) groups is 1. The van der Waals surface area contributed by atoms with E-state index in [1.807, 2.05) is 17.5 Å². The Morgan fingerprint density at radius 3 is 2.73 bits per heavy atom. The molecule has 4 heterocycles. The molecule has 1 amide bonds. The first-order chi connectivity index (χ1) is 12.4. The third-order valence-corrected chi connectivity index (χ3v) is 6.58. The Morgan fingerprint density at radius 1 is 1.31 bits per heavy atom. The number of nitrogens with one attached hydrogen (secondary N) is 1. The van der Waals surface area contributed by atoms with Gasteiger partial charge in [-0.3, -0.25) is 4.79 Å². The molecule has 2 aromatic rings. The lowest BCUT2D eigenvalue weighted by Crippen LogP contribution is -2.39. The summed E-state index contributed by atoms with van der Waals surface area (Å²) < 4.78 is 41.8. The van der Waals surface area contributed by atoms with Gasteiger partial charge in [0.1, 0.15) is 11.4 Å². The van der Waals surface area contributed by atoms with Crippen LogP contribution in [0.25, 0.3) is 0 Å². The van der Waals surface area contributed by atoms with Gasteiger partial charge in [0.25, 0.3) is 5.91 Å². The van der Waals surface area contributed by atoms with E-state index in [2.05, 4.69) is 10.4 Å². The third kappa shape index (κ3) is 3.20. The highest BCUT2D eigenvalue weighted by Crippen LogP contribution is 2.45. The average Bonchev–Trinajstić information content (AvgIpc) is 3.30. The van der Waals surface area contributed by atoms with E-state index in [0.29, 0.717) is 13.1 Å². The Bertz CT molecular complexity index is 784. The van der Waals surface area contributed by atoms with Crippen molar-refractivity contribution >= 4 is 34.8 Å². The van der Waals surface area contributed by atoms with Gasteiger partial charge < -0.3 is 10.2 Å². The van der Waals surface area contributed by atoms with Gasteiger partial charge >= 0.3 is 6.18 Å². The first-order valence-electron chi connectivity index (χ1n) is 8.26. The zero-order chi connectivity index (χ0) is 18.3. The molecule has 1 fully saturated rings. The molecule has 0 saturated carbocycles. The van der Waals surface area contributed by atoms with Gasteiger partial charge in [0.05, 0.1) is 12.2 Å². The number of fused-ring (bicyclic) bond motifs is 1. The van der Waals surface area contributed by atoms with Crippen LogP contribution in [0.1, 0.15) is 33.7 Å². The molecule has 2 aliphatic rings. The lowest BCUT2D eigenvalue weighted by molar-refractivity contribution is -0.173. The minimum absolute atomic E-state index is 0.146. The van der Waals surface area contributed by atoms with Gasteiger partial charge in [0.2, 0.25) is 0 Å². The normalized spacial score (nSPS) is 23.4. The van der Waals surface area contributed by atoms with Crippen molar-refractivity contribution in [2.45, 2.75) is 24.7 Å². The van der Waals surface area contributed by atoms with Crippen molar-refractivity contribution in [3.05, 3.63) is 34.2 Å². The van der Waals surface area contributed by atoms with Crippen molar-refractivity contribution in [2.24, 2.45) is 0 Å². The van der Waals surface area contributed by atoms with E-state index in [1.54, 1.807) is 16.7 Å². The number of aromatic nitrogens is 2. The van der Waals surface area contributed by atoms with E-state index in [1.165, 1.54) is 17.5 Å². The number of alkyl halides is 3. The molecule has 5 nitrogen and oxygen atoms in total. The lowest BCUT2D eigenvalue weighted by Gasteiger charge is -2.34. The number of hydrogen-bond acceptors (Lipinski definition) is 5. The van der Waals surface area contributed by atoms with Crippen LogP contribution in [0.5, 0.6) is 0 Å². The van der Waals surface area contributed by atoms with Crippen molar-refractivity contribution in [2.75, 3.05) is 29.9 Å². The number of halogens is 3. The number of thioether (sulfide) groups is 1. The van der Waals surface area contributed by atoms with Gasteiger partial charge in [-0.15, -0.1) is 11.3 Å². The molecule has 10 heteroatoms. The summed E-state index contributed by atoms with van der Waals surface area (Å²) in [5.74, 6) is 1.59. The van der Waals surface area contributed by atoms with Gasteiger partial charge in [-0.1, -0.05) is 6.07 Å². The molecule has 2 aliphatic heterocycles. The van der Waals surface area contributed by atoms with Crippen LogP contribution in [0.15, 0.2) is 23.7 Å². The molecule has 140 valence electrons. The van der Waals surface area contributed by atoms with Crippen molar-refractivity contribution in [1.29, 1.82) is 0 Å². The summed E-state index contributed by atoms with van der Waals surface area (Å²) in [5.41, 5.74) is 0.215. The van der Waals surface area contributed by atoms with Crippen LogP contribution in [0, 0.1) is 0 Å². The van der Waals surface area contributed by atoms with Crippen LogP contribution in [0.3, 0.4) is 0 Å². The van der Waals surface area contributed by atoms with E-state index < -0.39 is 18.3 Å². The molecule has 1 N–H and O–H groups in total. The van der Waals surface area contributed by atoms with E-state index in [-0.39, 0.29) is 23.7 Å². The molecule has 0 bridgehead atoms. The summed E-state index contributed by atoms with van der Waals surface area (Å²) in [5, 5.41) is 8.89. The van der Waals surface area contributed by atoms with Gasteiger partial charge in [0, 0.05) is 35.9 Å². The zero-order valence-corrected chi connectivity index (χ0v) is 15.3. The molecule has 0 aromatic carbocycles. The standard InChI is InChI=1S/C16H17F3N4OS2/c17-16(18,19)13-8-11(12-2-1-5-26-12)21-14-10(9-20-23(13)14)15(24)22-3-6-25-7-4-22/h1-2,5,9,11,13,21H,3-4,6-8H2/t11-,13+/m0/s1. The maximum atomic E-state index is 13.6. The summed E-state index contributed by atoms with van der Waals surface area (Å²) in [6.45, 7) is 1.20. The van der Waals surface area contributed by atoms with Crippen molar-refractivity contribution in [1.82, 2.24) is 14.7 Å². The Labute approximate surface area is 156 Å². The van der Waals surface area contributed by atoms with Crippen molar-refractivity contribution in [3.63, 3.8) is 0 Å². The maximum absolute atomic E-state index is 13.6. The zero-order valence-electron chi connectivity index (χ0n) is 13.7. The van der Waals surface area contributed by atoms with Crippen LogP contribution in [-0.2, 0) is 0 Å². The highest BCUT2D eigenvalue weighted by atomic mass is 32.2. The number of anilines is 1. The lowest BCUT2D eigenvalue weighted by atomic mass is 10.0. The fraction of sp³-hybridized carbons (Fsp3) is 0.500. The molecule has 0 spiro atoms. The van der Waals surface area contributed by atoms with Gasteiger partial charge in [-0.25, -0.2) is 4.68 Å². The molecule has 0 aliphatic carbocycles. The van der Waals surface area contributed by atoms with Crippen molar-refractivity contribution in [3.8, 4) is 0 Å². The molecule has 0 unspecified atom stereocenters. The number of amides is 1. The summed E-state index contributed by atoms with van der Waals surface area (Å²) >= 11 is 3.17. The summed E-state index contributed by atoms with van der Waals surface area (Å²) in [7, 11) is 0. The van der Waals surface area contributed by atoms with Crippen LogP contribution in [0.4, 0.5) is 19.0 Å². The molecular formula is C16H17F3N4OS2. The largest absolute Gasteiger partial charge is 0.410 e. The molecule has 2 atom stereocenters. The van der Waals surface area contributed by atoms with Gasteiger partial charge in [-0.05, 0) is 11.4 Å². The van der Waals surface area contributed by atoms with E-state index in [4.69, 9.17) is 0 Å². The van der Waals surface area contributed by atoms with Crippen LogP contribution in [-0.4, -0.2) is 51.4 Å². The Balaban J connectivity index is 1.70. The van der Waals surface area contributed by atoms with Crippen LogP contribution in [0.2, 0.25) is 0 Å².